The van der Waals surface area contributed by atoms with Gasteiger partial charge < -0.3 is 4.84 Å². The quantitative estimate of drug-likeness (QED) is 0.658. The summed E-state index contributed by atoms with van der Waals surface area (Å²) < 4.78 is 0. The van der Waals surface area contributed by atoms with Crippen LogP contribution in [-0.4, -0.2) is 16.6 Å². The van der Waals surface area contributed by atoms with Gasteiger partial charge in [0.25, 0.3) is 0 Å². The Balaban J connectivity index is 2.19. The summed E-state index contributed by atoms with van der Waals surface area (Å²) in [6.07, 6.45) is 5.65. The summed E-state index contributed by atoms with van der Waals surface area (Å²) in [5.41, 5.74) is 0.0238. The normalized spacial score (nSPS) is 19.1. The first-order chi connectivity index (χ1) is 5.87. The Morgan fingerprint density at radius 3 is 2.58 bits per heavy atom. The molecule has 0 amide bonds. The molecule has 4 heteroatoms. The average molecular weight is 165 g/mol. The van der Waals surface area contributed by atoms with Gasteiger partial charge in [0.2, 0.25) is 0 Å². The number of nitrogens with zero attached hydrogens (tertiary/aromatic N) is 2. The summed E-state index contributed by atoms with van der Waals surface area (Å²) in [7, 11) is 0. The average Bonchev–Trinajstić information content (AvgIpc) is 2.88. The lowest BCUT2D eigenvalue weighted by Crippen LogP contribution is -2.20. The lowest BCUT2D eigenvalue weighted by atomic mass is 10.1. The molecule has 1 aromatic heterocycles. The summed E-state index contributed by atoms with van der Waals surface area (Å²) in [6.45, 7) is 0.525. The molecule has 0 aliphatic heterocycles. The Kier molecular flexibility index (Phi) is 1.78. The molecule has 2 rings (SSSR count). The molecule has 0 bridgehead atoms. The predicted molar refractivity (Wildman–Crippen MR) is 43.1 cm³/mol. The van der Waals surface area contributed by atoms with Gasteiger partial charge in [0.15, 0.2) is 0 Å². The highest BCUT2D eigenvalue weighted by Gasteiger charge is 2.47. The molecule has 4 nitrogen and oxygen atoms in total. The lowest BCUT2D eigenvalue weighted by molar-refractivity contribution is 0.113. The highest BCUT2D eigenvalue weighted by molar-refractivity contribution is 5.17. The first-order valence-electron chi connectivity index (χ1n) is 3.97. The molecule has 0 saturated heterocycles. The van der Waals surface area contributed by atoms with E-state index in [1.165, 1.54) is 0 Å². The van der Waals surface area contributed by atoms with E-state index in [4.69, 9.17) is 5.90 Å². The maximum absolute atomic E-state index is 5.04. The molecule has 1 aliphatic carbocycles. The molecule has 1 fully saturated rings. The van der Waals surface area contributed by atoms with E-state index in [9.17, 15) is 0 Å². The summed E-state index contributed by atoms with van der Waals surface area (Å²) in [6, 6.07) is 1.81. The Morgan fingerprint density at radius 1 is 1.42 bits per heavy atom. The summed E-state index contributed by atoms with van der Waals surface area (Å²) in [5.74, 6) is 5.89. The minimum atomic E-state index is 0.0238. The van der Waals surface area contributed by atoms with Crippen LogP contribution in [0.4, 0.5) is 0 Å². The molecule has 0 aromatic carbocycles. The van der Waals surface area contributed by atoms with Crippen LogP contribution in [0.15, 0.2) is 18.5 Å². The van der Waals surface area contributed by atoms with Crippen LogP contribution in [0.25, 0.3) is 0 Å². The zero-order valence-corrected chi connectivity index (χ0v) is 6.73. The predicted octanol–water partition coefficient (Wildman–Crippen LogP) is 0.398. The zero-order chi connectivity index (χ0) is 8.44. The van der Waals surface area contributed by atoms with Crippen LogP contribution < -0.4 is 5.90 Å². The van der Waals surface area contributed by atoms with Gasteiger partial charge >= 0.3 is 0 Å². The van der Waals surface area contributed by atoms with Crippen molar-refractivity contribution in [2.45, 2.75) is 18.3 Å². The third-order valence-electron chi connectivity index (χ3n) is 2.25. The molecular weight excluding hydrogens is 154 g/mol. The smallest absolute Gasteiger partial charge is 0.136 e. The van der Waals surface area contributed by atoms with E-state index in [-0.39, 0.29) is 5.41 Å². The largest absolute Gasteiger partial charge is 0.304 e. The number of hydrogen-bond donors (Lipinski definition) is 1. The van der Waals surface area contributed by atoms with E-state index >= 15 is 0 Å². The SMILES string of the molecule is NOCC1(c2ncccn2)CC1. The van der Waals surface area contributed by atoms with Gasteiger partial charge in [0, 0.05) is 12.4 Å². The second-order valence-corrected chi connectivity index (χ2v) is 3.16. The molecular formula is C8H11N3O. The van der Waals surface area contributed by atoms with Crippen LogP contribution in [0.5, 0.6) is 0 Å². The molecule has 1 aliphatic rings. The summed E-state index contributed by atoms with van der Waals surface area (Å²) in [4.78, 5) is 13.0. The van der Waals surface area contributed by atoms with Crippen LogP contribution in [0, 0.1) is 0 Å². The third kappa shape index (κ3) is 1.19. The van der Waals surface area contributed by atoms with Gasteiger partial charge in [-0.2, -0.15) is 0 Å². The topological polar surface area (TPSA) is 61.0 Å². The van der Waals surface area contributed by atoms with Crippen molar-refractivity contribution in [2.24, 2.45) is 5.90 Å². The van der Waals surface area contributed by atoms with Crippen LogP contribution >= 0.6 is 0 Å². The van der Waals surface area contributed by atoms with E-state index in [0.717, 1.165) is 18.7 Å². The second kappa shape index (κ2) is 2.80. The molecule has 12 heavy (non-hydrogen) atoms. The Morgan fingerprint density at radius 2 is 2.08 bits per heavy atom. The standard InChI is InChI=1S/C8H11N3O/c9-12-6-8(2-3-8)7-10-4-1-5-11-7/h1,4-5H,2-3,6,9H2. The maximum Gasteiger partial charge on any atom is 0.136 e. The molecule has 2 N–H and O–H groups in total. The molecule has 1 aromatic rings. The van der Waals surface area contributed by atoms with Crippen LogP contribution in [-0.2, 0) is 10.3 Å². The minimum Gasteiger partial charge on any atom is -0.304 e. The van der Waals surface area contributed by atoms with E-state index in [1.807, 2.05) is 6.07 Å². The minimum absolute atomic E-state index is 0.0238. The number of nitrogens with two attached hydrogens (primary N) is 1. The second-order valence-electron chi connectivity index (χ2n) is 3.16. The van der Waals surface area contributed by atoms with Gasteiger partial charge in [0.05, 0.1) is 12.0 Å². The fourth-order valence-electron chi connectivity index (χ4n) is 1.32. The lowest BCUT2D eigenvalue weighted by Gasteiger charge is -2.10. The van der Waals surface area contributed by atoms with Gasteiger partial charge in [-0.25, -0.2) is 15.9 Å². The molecule has 0 unspecified atom stereocenters. The summed E-state index contributed by atoms with van der Waals surface area (Å²) in [5, 5.41) is 0. The monoisotopic (exact) mass is 165 g/mol. The van der Waals surface area contributed by atoms with Crippen LogP contribution in [0.3, 0.4) is 0 Å². The highest BCUT2D eigenvalue weighted by atomic mass is 16.6. The van der Waals surface area contributed by atoms with Crippen molar-refractivity contribution in [1.82, 2.24) is 9.97 Å². The third-order valence-corrected chi connectivity index (χ3v) is 2.25. The van der Waals surface area contributed by atoms with E-state index in [2.05, 4.69) is 14.8 Å². The van der Waals surface area contributed by atoms with Crippen molar-refractivity contribution in [1.29, 1.82) is 0 Å². The van der Waals surface area contributed by atoms with Gasteiger partial charge in [-0.3, -0.25) is 0 Å². The van der Waals surface area contributed by atoms with Crippen molar-refractivity contribution in [3.63, 3.8) is 0 Å². The van der Waals surface area contributed by atoms with Crippen LogP contribution in [0.1, 0.15) is 18.7 Å². The van der Waals surface area contributed by atoms with Gasteiger partial charge in [-0.05, 0) is 18.9 Å². The van der Waals surface area contributed by atoms with Crippen molar-refractivity contribution < 1.29 is 4.84 Å². The fraction of sp³-hybridized carbons (Fsp3) is 0.500. The van der Waals surface area contributed by atoms with Crippen molar-refractivity contribution in [3.8, 4) is 0 Å². The van der Waals surface area contributed by atoms with Gasteiger partial charge in [0.1, 0.15) is 5.82 Å². The van der Waals surface area contributed by atoms with Crippen molar-refractivity contribution >= 4 is 0 Å². The molecule has 1 saturated carbocycles. The highest BCUT2D eigenvalue weighted by Crippen LogP contribution is 2.46. The zero-order valence-electron chi connectivity index (χ0n) is 6.73. The maximum atomic E-state index is 5.04. The Labute approximate surface area is 70.7 Å². The molecule has 0 atom stereocenters. The molecule has 0 radical (unpaired) electrons. The summed E-state index contributed by atoms with van der Waals surface area (Å²) >= 11 is 0. The van der Waals surface area contributed by atoms with Crippen molar-refractivity contribution in [3.05, 3.63) is 24.3 Å². The number of rotatable bonds is 3. The van der Waals surface area contributed by atoms with E-state index < -0.39 is 0 Å². The first kappa shape index (κ1) is 7.64. The molecule has 64 valence electrons. The van der Waals surface area contributed by atoms with Gasteiger partial charge in [-0.15, -0.1) is 0 Å². The number of hydrogen-bond acceptors (Lipinski definition) is 4. The van der Waals surface area contributed by atoms with Crippen molar-refractivity contribution in [2.75, 3.05) is 6.61 Å². The van der Waals surface area contributed by atoms with Gasteiger partial charge in [-0.1, -0.05) is 0 Å². The molecule has 0 spiro atoms. The fourth-order valence-corrected chi connectivity index (χ4v) is 1.32. The van der Waals surface area contributed by atoms with E-state index in [1.54, 1.807) is 12.4 Å². The Hall–Kier alpha value is -1.00. The Bertz CT molecular complexity index is 258. The number of aromatic nitrogens is 2. The molecule has 1 heterocycles. The first-order valence-corrected chi connectivity index (χ1v) is 3.97. The van der Waals surface area contributed by atoms with Crippen LogP contribution in [0.2, 0.25) is 0 Å². The van der Waals surface area contributed by atoms with E-state index in [0.29, 0.717) is 6.61 Å².